The summed E-state index contributed by atoms with van der Waals surface area (Å²) in [5.74, 6) is 1.63. The predicted octanol–water partition coefficient (Wildman–Crippen LogP) is 5.97. The number of anilines is 1. The fraction of sp³-hybridized carbons (Fsp3) is 0.375. The maximum atomic E-state index is 6.04. The van der Waals surface area contributed by atoms with Crippen LogP contribution in [0.2, 0.25) is 0 Å². The van der Waals surface area contributed by atoms with Gasteiger partial charge in [0.2, 0.25) is 0 Å². The maximum Gasteiger partial charge on any atom is 0.129 e. The second kappa shape index (κ2) is 12.0. The van der Waals surface area contributed by atoms with Crippen LogP contribution in [0.1, 0.15) is 33.1 Å². The molecule has 2 rings (SSSR count). The molecule has 0 saturated carbocycles. The molecule has 2 aromatic carbocycles. The van der Waals surface area contributed by atoms with E-state index in [0.29, 0.717) is 6.04 Å². The number of rotatable bonds is 13. The zero-order chi connectivity index (χ0) is 20.2. The van der Waals surface area contributed by atoms with Crippen molar-refractivity contribution in [3.8, 4) is 11.5 Å². The number of benzene rings is 2. The minimum absolute atomic E-state index is 0.294. The average molecular weight is 380 g/mol. The van der Waals surface area contributed by atoms with E-state index in [0.717, 1.165) is 48.9 Å². The predicted molar refractivity (Wildman–Crippen MR) is 122 cm³/mol. The molecule has 0 heterocycles. The molecule has 1 atom stereocenters. The number of aliphatic imine (C=N–C) groups is 1. The lowest BCUT2D eigenvalue weighted by atomic mass is 10.2. The lowest BCUT2D eigenvalue weighted by molar-refractivity contribution is 0.482. The lowest BCUT2D eigenvalue weighted by Gasteiger charge is -2.27. The first-order valence-electron chi connectivity index (χ1n) is 10.1. The highest BCUT2D eigenvalue weighted by molar-refractivity contribution is 5.71. The molecule has 2 aromatic rings. The molecule has 1 N–H and O–H groups in total. The van der Waals surface area contributed by atoms with E-state index in [1.54, 1.807) is 0 Å². The number of para-hydroxylation sites is 1. The van der Waals surface area contributed by atoms with Crippen molar-refractivity contribution in [2.24, 2.45) is 4.99 Å². The summed E-state index contributed by atoms with van der Waals surface area (Å²) in [6.07, 6.45) is 5.48. The Kier molecular flexibility index (Phi) is 9.29. The van der Waals surface area contributed by atoms with E-state index >= 15 is 0 Å². The monoisotopic (exact) mass is 379 g/mol. The summed E-state index contributed by atoms with van der Waals surface area (Å²) >= 11 is 0. The number of unbranched alkanes of at least 4 members (excludes halogenated alkanes) is 2. The molecule has 28 heavy (non-hydrogen) atoms. The molecule has 4 nitrogen and oxygen atoms in total. The van der Waals surface area contributed by atoms with Crippen LogP contribution in [0, 0.1) is 0 Å². The van der Waals surface area contributed by atoms with Gasteiger partial charge in [0.25, 0.3) is 0 Å². The molecular formula is C24H33N3O. The molecule has 0 bridgehead atoms. The van der Waals surface area contributed by atoms with Gasteiger partial charge in [-0.2, -0.15) is 0 Å². The Bertz CT molecular complexity index is 730. The molecule has 0 saturated heterocycles. The number of nitrogens with one attached hydrogen (secondary N) is 1. The van der Waals surface area contributed by atoms with Crippen molar-refractivity contribution >= 4 is 18.1 Å². The van der Waals surface area contributed by atoms with Gasteiger partial charge in [-0.1, -0.05) is 44.0 Å². The standard InChI is InChI=1S/C24H33N3O/c1-5-7-11-17-27(18-16-26-20(3)6-2)24-19-22(14-15-23(24)25-4)28-21-12-9-8-10-13-21/h6,8-10,12-15,19-20,26H,2,4-5,7,11,16-18H2,1,3H3. The van der Waals surface area contributed by atoms with Crippen LogP contribution in [-0.2, 0) is 0 Å². The normalized spacial score (nSPS) is 11.6. The first-order chi connectivity index (χ1) is 13.7. The second-order valence-corrected chi connectivity index (χ2v) is 6.90. The molecule has 1 unspecified atom stereocenters. The van der Waals surface area contributed by atoms with Crippen molar-refractivity contribution in [3.05, 3.63) is 61.2 Å². The Balaban J connectivity index is 2.20. The maximum absolute atomic E-state index is 6.04. The van der Waals surface area contributed by atoms with Crippen molar-refractivity contribution in [1.82, 2.24) is 5.32 Å². The smallest absolute Gasteiger partial charge is 0.129 e. The quantitative estimate of drug-likeness (QED) is 0.264. The molecule has 0 aliphatic carbocycles. The third-order valence-corrected chi connectivity index (χ3v) is 4.67. The lowest BCUT2D eigenvalue weighted by Crippen LogP contribution is -2.36. The molecule has 0 radical (unpaired) electrons. The van der Waals surface area contributed by atoms with Crippen molar-refractivity contribution in [2.45, 2.75) is 39.2 Å². The van der Waals surface area contributed by atoms with Crippen LogP contribution in [0.5, 0.6) is 11.5 Å². The summed E-state index contributed by atoms with van der Waals surface area (Å²) in [4.78, 5) is 6.62. The van der Waals surface area contributed by atoms with E-state index in [4.69, 9.17) is 4.74 Å². The van der Waals surface area contributed by atoms with Crippen LogP contribution in [0.3, 0.4) is 0 Å². The summed E-state index contributed by atoms with van der Waals surface area (Å²) in [6.45, 7) is 14.7. The third-order valence-electron chi connectivity index (χ3n) is 4.67. The minimum atomic E-state index is 0.294. The van der Waals surface area contributed by atoms with Gasteiger partial charge < -0.3 is 15.0 Å². The van der Waals surface area contributed by atoms with Gasteiger partial charge in [-0.15, -0.1) is 6.58 Å². The second-order valence-electron chi connectivity index (χ2n) is 6.90. The van der Waals surface area contributed by atoms with Gasteiger partial charge >= 0.3 is 0 Å². The summed E-state index contributed by atoms with van der Waals surface area (Å²) in [5.41, 5.74) is 1.95. The Morgan fingerprint density at radius 2 is 1.89 bits per heavy atom. The molecule has 150 valence electrons. The van der Waals surface area contributed by atoms with E-state index in [2.05, 4.69) is 48.4 Å². The van der Waals surface area contributed by atoms with Crippen LogP contribution in [0.25, 0.3) is 0 Å². The summed E-state index contributed by atoms with van der Waals surface area (Å²) < 4.78 is 6.04. The average Bonchev–Trinajstić information content (AvgIpc) is 2.73. The minimum Gasteiger partial charge on any atom is -0.457 e. The van der Waals surface area contributed by atoms with Crippen molar-refractivity contribution < 1.29 is 4.74 Å². The van der Waals surface area contributed by atoms with Crippen LogP contribution in [0.15, 0.2) is 66.2 Å². The van der Waals surface area contributed by atoms with Crippen LogP contribution in [-0.4, -0.2) is 32.4 Å². The summed E-state index contributed by atoms with van der Waals surface area (Å²) in [7, 11) is 0. The topological polar surface area (TPSA) is 36.9 Å². The van der Waals surface area contributed by atoms with E-state index < -0.39 is 0 Å². The molecule has 4 heteroatoms. The molecule has 0 aliphatic rings. The van der Waals surface area contributed by atoms with Crippen molar-refractivity contribution in [2.75, 3.05) is 24.5 Å². The largest absolute Gasteiger partial charge is 0.457 e. The number of hydrogen-bond donors (Lipinski definition) is 1. The van der Waals surface area contributed by atoms with Gasteiger partial charge in [0.15, 0.2) is 0 Å². The van der Waals surface area contributed by atoms with Crippen molar-refractivity contribution in [3.63, 3.8) is 0 Å². The van der Waals surface area contributed by atoms with Gasteiger partial charge in [0.05, 0.1) is 11.4 Å². The highest BCUT2D eigenvalue weighted by Crippen LogP contribution is 2.34. The van der Waals surface area contributed by atoms with E-state index in [1.165, 1.54) is 12.8 Å². The SMILES string of the molecule is C=CC(C)NCCN(CCCCC)c1cc(Oc2ccccc2)ccc1N=C. The van der Waals surface area contributed by atoms with Crippen LogP contribution < -0.4 is 15.0 Å². The summed E-state index contributed by atoms with van der Waals surface area (Å²) in [6, 6.07) is 16.1. The zero-order valence-corrected chi connectivity index (χ0v) is 17.2. The molecule has 0 aromatic heterocycles. The van der Waals surface area contributed by atoms with Crippen LogP contribution in [0.4, 0.5) is 11.4 Å². The Hall–Kier alpha value is -2.59. The fourth-order valence-corrected chi connectivity index (χ4v) is 2.99. The Labute approximate surface area is 169 Å². The molecular weight excluding hydrogens is 346 g/mol. The summed E-state index contributed by atoms with van der Waals surface area (Å²) in [5, 5.41) is 3.48. The first kappa shape index (κ1) is 21.7. The van der Waals surface area contributed by atoms with Crippen LogP contribution >= 0.6 is 0 Å². The van der Waals surface area contributed by atoms with E-state index in [-0.39, 0.29) is 0 Å². The highest BCUT2D eigenvalue weighted by Gasteiger charge is 2.13. The van der Waals surface area contributed by atoms with Gasteiger partial charge in [0, 0.05) is 31.7 Å². The van der Waals surface area contributed by atoms with E-state index in [1.807, 2.05) is 48.5 Å². The number of nitrogens with zero attached hydrogens (tertiary/aromatic N) is 2. The van der Waals surface area contributed by atoms with Gasteiger partial charge in [-0.05, 0) is 44.3 Å². The highest BCUT2D eigenvalue weighted by atomic mass is 16.5. The van der Waals surface area contributed by atoms with E-state index in [9.17, 15) is 0 Å². The molecule has 0 amide bonds. The van der Waals surface area contributed by atoms with Gasteiger partial charge in [-0.3, -0.25) is 4.99 Å². The van der Waals surface area contributed by atoms with Gasteiger partial charge in [-0.25, -0.2) is 0 Å². The zero-order valence-electron chi connectivity index (χ0n) is 17.2. The Morgan fingerprint density at radius 1 is 1.11 bits per heavy atom. The first-order valence-corrected chi connectivity index (χ1v) is 10.1. The molecule has 0 aliphatic heterocycles. The fourth-order valence-electron chi connectivity index (χ4n) is 2.99. The molecule has 0 spiro atoms. The third kappa shape index (κ3) is 6.86. The Morgan fingerprint density at radius 3 is 2.57 bits per heavy atom. The number of hydrogen-bond acceptors (Lipinski definition) is 4. The van der Waals surface area contributed by atoms with Crippen molar-refractivity contribution in [1.29, 1.82) is 0 Å². The van der Waals surface area contributed by atoms with Gasteiger partial charge in [0.1, 0.15) is 11.5 Å². The molecule has 0 fully saturated rings. The number of ether oxygens (including phenoxy) is 1.